The number of hydrogen-bond donors (Lipinski definition) is 1. The van der Waals surface area contributed by atoms with Crippen molar-refractivity contribution in [1.82, 2.24) is 9.97 Å². The molecule has 5 rings (SSSR count). The first-order valence-corrected chi connectivity index (χ1v) is 11.0. The van der Waals surface area contributed by atoms with Gasteiger partial charge in [-0.3, -0.25) is 4.79 Å². The first kappa shape index (κ1) is 21.1. The first-order chi connectivity index (χ1) is 16.1. The molecule has 33 heavy (non-hydrogen) atoms. The summed E-state index contributed by atoms with van der Waals surface area (Å²) >= 11 is 12.4. The van der Waals surface area contributed by atoms with Gasteiger partial charge in [-0.2, -0.15) is 0 Å². The van der Waals surface area contributed by atoms with Crippen molar-refractivity contribution in [3.05, 3.63) is 113 Å². The third-order valence-corrected chi connectivity index (χ3v) is 5.85. The molecule has 6 heteroatoms. The molecule has 0 aliphatic rings. The van der Waals surface area contributed by atoms with E-state index in [0.717, 1.165) is 22.5 Å². The number of aromatic nitrogens is 2. The minimum atomic E-state index is -0.331. The molecule has 4 nitrogen and oxygen atoms in total. The monoisotopic (exact) mass is 469 g/mol. The standard InChI is InChI=1S/C27H17Cl2N3O/c28-20-12-7-13-21(29)26(20)32-27(33)19-14-15-22-23(16-19)31-25(18-10-5-2-6-11-18)24(30-22)17-8-3-1-4-9-17/h1-16H,(H,32,33). The van der Waals surface area contributed by atoms with Gasteiger partial charge in [0.1, 0.15) is 0 Å². The summed E-state index contributed by atoms with van der Waals surface area (Å²) in [6.07, 6.45) is 0. The van der Waals surface area contributed by atoms with Crippen LogP contribution in [0, 0.1) is 0 Å². The van der Waals surface area contributed by atoms with Gasteiger partial charge in [0.2, 0.25) is 0 Å². The molecule has 0 saturated carbocycles. The normalized spacial score (nSPS) is 10.8. The van der Waals surface area contributed by atoms with Gasteiger partial charge in [0.15, 0.2) is 0 Å². The summed E-state index contributed by atoms with van der Waals surface area (Å²) in [5, 5.41) is 3.53. The molecule has 0 saturated heterocycles. The van der Waals surface area contributed by atoms with Crippen LogP contribution in [0.3, 0.4) is 0 Å². The van der Waals surface area contributed by atoms with Gasteiger partial charge in [0, 0.05) is 16.7 Å². The average molecular weight is 470 g/mol. The van der Waals surface area contributed by atoms with Gasteiger partial charge in [-0.05, 0) is 30.3 Å². The van der Waals surface area contributed by atoms with Crippen LogP contribution in [0.25, 0.3) is 33.5 Å². The van der Waals surface area contributed by atoms with E-state index >= 15 is 0 Å². The smallest absolute Gasteiger partial charge is 0.255 e. The zero-order valence-corrected chi connectivity index (χ0v) is 18.8. The Morgan fingerprint density at radius 2 is 1.18 bits per heavy atom. The van der Waals surface area contributed by atoms with Crippen LogP contribution in [-0.2, 0) is 0 Å². The van der Waals surface area contributed by atoms with Gasteiger partial charge < -0.3 is 5.32 Å². The minimum absolute atomic E-state index is 0.331. The van der Waals surface area contributed by atoms with Gasteiger partial charge in [-0.15, -0.1) is 0 Å². The fourth-order valence-corrected chi connectivity index (χ4v) is 4.09. The quantitative estimate of drug-likeness (QED) is 0.296. The molecule has 0 aliphatic carbocycles. The van der Waals surface area contributed by atoms with Crippen molar-refractivity contribution in [3.8, 4) is 22.5 Å². The summed E-state index contributed by atoms with van der Waals surface area (Å²) in [5.74, 6) is -0.331. The Hall–Kier alpha value is -3.73. The number of nitrogens with one attached hydrogen (secondary N) is 1. The summed E-state index contributed by atoms with van der Waals surface area (Å²) in [5.41, 5.74) is 5.58. The van der Waals surface area contributed by atoms with Crippen molar-refractivity contribution in [2.75, 3.05) is 5.32 Å². The lowest BCUT2D eigenvalue weighted by atomic mass is 10.0. The second-order valence-corrected chi connectivity index (χ2v) is 8.22. The maximum Gasteiger partial charge on any atom is 0.255 e. The largest absolute Gasteiger partial charge is 0.319 e. The maximum atomic E-state index is 12.9. The molecule has 5 aromatic rings. The number of benzene rings is 4. The van der Waals surface area contributed by atoms with Crippen molar-refractivity contribution in [2.24, 2.45) is 0 Å². The van der Waals surface area contributed by atoms with Crippen molar-refractivity contribution in [2.45, 2.75) is 0 Å². The van der Waals surface area contributed by atoms with Crippen LogP contribution in [-0.4, -0.2) is 15.9 Å². The van der Waals surface area contributed by atoms with Crippen LogP contribution in [0.15, 0.2) is 97.1 Å². The van der Waals surface area contributed by atoms with E-state index in [1.165, 1.54) is 0 Å². The number of amides is 1. The number of para-hydroxylation sites is 1. The molecule has 0 atom stereocenters. The molecule has 160 valence electrons. The lowest BCUT2D eigenvalue weighted by molar-refractivity contribution is 0.102. The van der Waals surface area contributed by atoms with Crippen molar-refractivity contribution >= 4 is 45.8 Å². The second-order valence-electron chi connectivity index (χ2n) is 7.41. The van der Waals surface area contributed by atoms with E-state index in [2.05, 4.69) is 5.32 Å². The molecule has 4 aromatic carbocycles. The van der Waals surface area contributed by atoms with Gasteiger partial charge in [-0.25, -0.2) is 9.97 Å². The Bertz CT molecular complexity index is 1450. The first-order valence-electron chi connectivity index (χ1n) is 10.3. The molecule has 0 unspecified atom stereocenters. The third kappa shape index (κ3) is 4.31. The van der Waals surface area contributed by atoms with Crippen LogP contribution < -0.4 is 5.32 Å². The van der Waals surface area contributed by atoms with Crippen LogP contribution in [0.2, 0.25) is 10.0 Å². The van der Waals surface area contributed by atoms with Crippen molar-refractivity contribution in [1.29, 1.82) is 0 Å². The van der Waals surface area contributed by atoms with Crippen LogP contribution in [0.1, 0.15) is 10.4 Å². The van der Waals surface area contributed by atoms with Gasteiger partial charge in [0.05, 0.1) is 38.2 Å². The number of halogens is 2. The highest BCUT2D eigenvalue weighted by Crippen LogP contribution is 2.32. The number of carbonyl (C=O) groups is 1. The topological polar surface area (TPSA) is 54.9 Å². The van der Waals surface area contributed by atoms with Gasteiger partial charge in [0.25, 0.3) is 5.91 Å². The van der Waals surface area contributed by atoms with Crippen molar-refractivity contribution < 1.29 is 4.79 Å². The molecule has 1 aromatic heterocycles. The Morgan fingerprint density at radius 3 is 1.76 bits per heavy atom. The van der Waals surface area contributed by atoms with E-state index in [1.807, 2.05) is 60.7 Å². The number of hydrogen-bond acceptors (Lipinski definition) is 3. The Labute approximate surface area is 200 Å². The van der Waals surface area contributed by atoms with Crippen LogP contribution in [0.4, 0.5) is 5.69 Å². The Morgan fingerprint density at radius 1 is 0.636 bits per heavy atom. The van der Waals surface area contributed by atoms with Gasteiger partial charge in [-0.1, -0.05) is 89.9 Å². The van der Waals surface area contributed by atoms with E-state index in [4.69, 9.17) is 33.2 Å². The predicted molar refractivity (Wildman–Crippen MR) is 135 cm³/mol. The molecule has 0 bridgehead atoms. The molecule has 0 fully saturated rings. The molecule has 0 spiro atoms. The molecule has 1 amide bonds. The van der Waals surface area contributed by atoms with E-state index in [9.17, 15) is 4.79 Å². The summed E-state index contributed by atoms with van der Waals surface area (Å²) in [7, 11) is 0. The lowest BCUT2D eigenvalue weighted by Gasteiger charge is -2.12. The fourth-order valence-electron chi connectivity index (χ4n) is 3.59. The van der Waals surface area contributed by atoms with E-state index in [1.54, 1.807) is 36.4 Å². The number of rotatable bonds is 4. The molecular weight excluding hydrogens is 453 g/mol. The number of nitrogens with zero attached hydrogens (tertiary/aromatic N) is 2. The molecule has 1 heterocycles. The summed E-state index contributed by atoms with van der Waals surface area (Å²) < 4.78 is 0. The van der Waals surface area contributed by atoms with E-state index in [0.29, 0.717) is 32.3 Å². The van der Waals surface area contributed by atoms with Gasteiger partial charge >= 0.3 is 0 Å². The predicted octanol–water partition coefficient (Wildman–Crippen LogP) is 7.52. The number of fused-ring (bicyclic) bond motifs is 1. The third-order valence-electron chi connectivity index (χ3n) is 5.22. The maximum absolute atomic E-state index is 12.9. The fraction of sp³-hybridized carbons (Fsp3) is 0. The second kappa shape index (κ2) is 9.02. The van der Waals surface area contributed by atoms with Crippen molar-refractivity contribution in [3.63, 3.8) is 0 Å². The van der Waals surface area contributed by atoms with Crippen LogP contribution in [0.5, 0.6) is 0 Å². The molecule has 0 aliphatic heterocycles. The highest BCUT2D eigenvalue weighted by Gasteiger charge is 2.16. The van der Waals surface area contributed by atoms with Crippen LogP contribution >= 0.6 is 23.2 Å². The summed E-state index contributed by atoms with van der Waals surface area (Å²) in [4.78, 5) is 22.7. The number of carbonyl (C=O) groups excluding carboxylic acids is 1. The van der Waals surface area contributed by atoms with E-state index < -0.39 is 0 Å². The Balaban J connectivity index is 1.60. The molecular formula is C27H17Cl2N3O. The average Bonchev–Trinajstić information content (AvgIpc) is 2.86. The van der Waals surface area contributed by atoms with E-state index in [-0.39, 0.29) is 5.91 Å². The molecule has 0 radical (unpaired) electrons. The highest BCUT2D eigenvalue weighted by molar-refractivity contribution is 6.40. The lowest BCUT2D eigenvalue weighted by Crippen LogP contribution is -2.12. The zero-order valence-electron chi connectivity index (χ0n) is 17.3. The SMILES string of the molecule is O=C(Nc1c(Cl)cccc1Cl)c1ccc2nc(-c3ccccc3)c(-c3ccccc3)nc2c1. The summed E-state index contributed by atoms with van der Waals surface area (Å²) in [6, 6.07) is 30.1. The minimum Gasteiger partial charge on any atom is -0.319 e. The Kier molecular flexibility index (Phi) is 5.78. The number of anilines is 1. The highest BCUT2D eigenvalue weighted by atomic mass is 35.5. The summed E-state index contributed by atoms with van der Waals surface area (Å²) in [6.45, 7) is 0. The molecule has 1 N–H and O–H groups in total. The zero-order chi connectivity index (χ0) is 22.8.